The van der Waals surface area contributed by atoms with Gasteiger partial charge in [-0.3, -0.25) is 0 Å². The summed E-state index contributed by atoms with van der Waals surface area (Å²) in [6.07, 6.45) is 23.3. The fraction of sp³-hybridized carbons (Fsp3) is 0.674. The number of aromatic hydroxyl groups is 2. The number of phenols is 2. The summed E-state index contributed by atoms with van der Waals surface area (Å²) in [6.45, 7) is 22.0. The third-order valence-electron chi connectivity index (χ3n) is 9.56. The van der Waals surface area contributed by atoms with Gasteiger partial charge in [0.1, 0.15) is 11.5 Å². The fourth-order valence-corrected chi connectivity index (χ4v) is 6.51. The Morgan fingerprint density at radius 1 is 0.600 bits per heavy atom. The summed E-state index contributed by atoms with van der Waals surface area (Å²) >= 11 is 0. The number of hydrogen-bond donors (Lipinski definition) is 2. The summed E-state index contributed by atoms with van der Waals surface area (Å²) < 4.78 is 0. The lowest BCUT2D eigenvalue weighted by Crippen LogP contribution is -2.16. The van der Waals surface area contributed by atoms with Crippen molar-refractivity contribution in [1.29, 1.82) is 0 Å². The van der Waals surface area contributed by atoms with Crippen molar-refractivity contribution in [2.75, 3.05) is 0 Å². The second-order valence-corrected chi connectivity index (χ2v) is 16.0. The highest BCUT2D eigenvalue weighted by Crippen LogP contribution is 2.47. The van der Waals surface area contributed by atoms with Crippen LogP contribution in [0.25, 0.3) is 0 Å². The smallest absolute Gasteiger partial charge is 0.123 e. The number of unbranched alkanes of at least 4 members (excludes halogenated alkanes) is 11. The molecule has 254 valence electrons. The number of benzene rings is 2. The molecule has 2 nitrogen and oxygen atoms in total. The third kappa shape index (κ3) is 12.5. The molecule has 45 heavy (non-hydrogen) atoms. The van der Waals surface area contributed by atoms with E-state index >= 15 is 0 Å². The van der Waals surface area contributed by atoms with Crippen molar-refractivity contribution >= 4 is 0 Å². The molecule has 0 fully saturated rings. The third-order valence-corrected chi connectivity index (χ3v) is 9.56. The predicted octanol–water partition coefficient (Wildman–Crippen LogP) is 13.5. The van der Waals surface area contributed by atoms with Gasteiger partial charge in [0.2, 0.25) is 0 Å². The van der Waals surface area contributed by atoms with Gasteiger partial charge in [-0.05, 0) is 77.5 Å². The standard InChI is InChI=1S/C43H70O2/c1-11-13-14-15-16-17-18-19-20-21-22-23-24-25-26-27-35(36-28-33(12-2)29-38(40(36)44)42(5,6)7)37-30-34(32(3)4)31-39(41(37)45)43(8,9)10/h19-20,28-32,35,44-45H,11-18,21-27H2,1-10H3. The molecule has 0 heterocycles. The Hall–Kier alpha value is -2.22. The summed E-state index contributed by atoms with van der Waals surface area (Å²) in [5, 5.41) is 23.7. The molecule has 1 atom stereocenters. The molecule has 2 N–H and O–H groups in total. The van der Waals surface area contributed by atoms with Crippen LogP contribution in [-0.2, 0) is 17.3 Å². The second-order valence-electron chi connectivity index (χ2n) is 16.0. The van der Waals surface area contributed by atoms with Crippen LogP contribution in [0.1, 0.15) is 204 Å². The van der Waals surface area contributed by atoms with E-state index in [0.29, 0.717) is 17.4 Å². The van der Waals surface area contributed by atoms with E-state index < -0.39 is 0 Å². The number of allylic oxidation sites excluding steroid dienone is 2. The van der Waals surface area contributed by atoms with Crippen molar-refractivity contribution < 1.29 is 10.2 Å². The molecular weight excluding hydrogens is 548 g/mol. The Morgan fingerprint density at radius 3 is 1.56 bits per heavy atom. The summed E-state index contributed by atoms with van der Waals surface area (Å²) in [6, 6.07) is 8.83. The molecule has 2 aromatic rings. The molecule has 0 saturated carbocycles. The van der Waals surface area contributed by atoms with Crippen LogP contribution in [-0.4, -0.2) is 10.2 Å². The lowest BCUT2D eigenvalue weighted by Gasteiger charge is -2.30. The second kappa shape index (κ2) is 18.8. The highest BCUT2D eigenvalue weighted by atomic mass is 16.3. The first kappa shape index (κ1) is 39.0. The number of aryl methyl sites for hydroxylation is 1. The first-order valence-electron chi connectivity index (χ1n) is 18.6. The van der Waals surface area contributed by atoms with E-state index in [2.05, 4.69) is 106 Å². The molecule has 2 rings (SSSR count). The van der Waals surface area contributed by atoms with E-state index in [4.69, 9.17) is 0 Å². The molecule has 0 aliphatic heterocycles. The van der Waals surface area contributed by atoms with Crippen molar-refractivity contribution in [3.8, 4) is 11.5 Å². The lowest BCUT2D eigenvalue weighted by molar-refractivity contribution is 0.422. The number of rotatable bonds is 19. The van der Waals surface area contributed by atoms with Gasteiger partial charge in [-0.2, -0.15) is 0 Å². The van der Waals surface area contributed by atoms with Gasteiger partial charge in [0.05, 0.1) is 0 Å². The molecule has 0 amide bonds. The molecule has 0 saturated heterocycles. The topological polar surface area (TPSA) is 40.5 Å². The number of hydrogen-bond acceptors (Lipinski definition) is 2. The normalized spacial score (nSPS) is 13.3. The monoisotopic (exact) mass is 619 g/mol. The Bertz CT molecular complexity index is 1170. The molecule has 2 heteroatoms. The fourth-order valence-electron chi connectivity index (χ4n) is 6.51. The zero-order valence-corrected chi connectivity index (χ0v) is 31.1. The van der Waals surface area contributed by atoms with Gasteiger partial charge >= 0.3 is 0 Å². The molecule has 0 bridgehead atoms. The van der Waals surface area contributed by atoms with Crippen molar-refractivity contribution in [2.45, 2.75) is 188 Å². The van der Waals surface area contributed by atoms with Gasteiger partial charge in [-0.15, -0.1) is 0 Å². The van der Waals surface area contributed by atoms with E-state index in [1.807, 2.05) is 0 Å². The van der Waals surface area contributed by atoms with Gasteiger partial charge in [-0.1, -0.05) is 163 Å². The van der Waals surface area contributed by atoms with Gasteiger partial charge in [0, 0.05) is 17.0 Å². The zero-order valence-electron chi connectivity index (χ0n) is 31.1. The average Bonchev–Trinajstić information content (AvgIpc) is 2.96. The lowest BCUT2D eigenvalue weighted by atomic mass is 9.76. The van der Waals surface area contributed by atoms with Crippen LogP contribution in [0.3, 0.4) is 0 Å². The van der Waals surface area contributed by atoms with E-state index in [1.54, 1.807) is 0 Å². The maximum absolute atomic E-state index is 11.8. The molecule has 2 aromatic carbocycles. The van der Waals surface area contributed by atoms with Crippen LogP contribution in [0.15, 0.2) is 36.4 Å². The molecule has 0 radical (unpaired) electrons. The summed E-state index contributed by atoms with van der Waals surface area (Å²) in [4.78, 5) is 0. The van der Waals surface area contributed by atoms with Gasteiger partial charge in [-0.25, -0.2) is 0 Å². The molecule has 0 aliphatic carbocycles. The Labute approximate surface area is 279 Å². The van der Waals surface area contributed by atoms with E-state index in [-0.39, 0.29) is 16.7 Å². The van der Waals surface area contributed by atoms with Crippen molar-refractivity contribution in [3.63, 3.8) is 0 Å². The Morgan fingerprint density at radius 2 is 1.07 bits per heavy atom. The highest BCUT2D eigenvalue weighted by molar-refractivity contribution is 5.56. The minimum Gasteiger partial charge on any atom is -0.507 e. The van der Waals surface area contributed by atoms with Crippen LogP contribution >= 0.6 is 0 Å². The van der Waals surface area contributed by atoms with E-state index in [0.717, 1.165) is 41.5 Å². The van der Waals surface area contributed by atoms with E-state index in [9.17, 15) is 10.2 Å². The molecule has 0 spiro atoms. The Kier molecular flexibility index (Phi) is 16.3. The van der Waals surface area contributed by atoms with Gasteiger partial charge in [0.15, 0.2) is 0 Å². The van der Waals surface area contributed by atoms with Crippen molar-refractivity contribution in [2.24, 2.45) is 0 Å². The van der Waals surface area contributed by atoms with Gasteiger partial charge in [0.25, 0.3) is 0 Å². The van der Waals surface area contributed by atoms with Crippen molar-refractivity contribution in [1.82, 2.24) is 0 Å². The predicted molar refractivity (Wildman–Crippen MR) is 198 cm³/mol. The Balaban J connectivity index is 2.21. The van der Waals surface area contributed by atoms with Crippen LogP contribution < -0.4 is 0 Å². The van der Waals surface area contributed by atoms with Crippen LogP contribution in [0.4, 0.5) is 0 Å². The quantitative estimate of drug-likeness (QED) is 0.121. The minimum absolute atomic E-state index is 0.0534. The van der Waals surface area contributed by atoms with Crippen LogP contribution in [0.2, 0.25) is 0 Å². The van der Waals surface area contributed by atoms with Gasteiger partial charge < -0.3 is 10.2 Å². The average molecular weight is 619 g/mol. The van der Waals surface area contributed by atoms with Crippen LogP contribution in [0.5, 0.6) is 11.5 Å². The summed E-state index contributed by atoms with van der Waals surface area (Å²) in [5.41, 5.74) is 6.11. The van der Waals surface area contributed by atoms with E-state index in [1.165, 1.54) is 88.2 Å². The maximum Gasteiger partial charge on any atom is 0.123 e. The SMILES string of the molecule is CCCCCCCCC=CCCCCCCCC(c1cc(CC)cc(C(C)(C)C)c1O)c1cc(C(C)C)cc(C(C)(C)C)c1O. The molecule has 1 unspecified atom stereocenters. The van der Waals surface area contributed by atoms with Crippen LogP contribution in [0, 0.1) is 0 Å². The molecular formula is C43H70O2. The van der Waals surface area contributed by atoms with Crippen molar-refractivity contribution in [3.05, 3.63) is 69.8 Å². The largest absolute Gasteiger partial charge is 0.507 e. The zero-order chi connectivity index (χ0) is 33.6. The summed E-state index contributed by atoms with van der Waals surface area (Å²) in [7, 11) is 0. The first-order valence-corrected chi connectivity index (χ1v) is 18.6. The minimum atomic E-state index is -0.179. The molecule has 0 aliphatic rings. The summed E-state index contributed by atoms with van der Waals surface area (Å²) in [5.74, 6) is 1.11. The number of phenolic OH excluding ortho intramolecular Hbond substituents is 2. The maximum atomic E-state index is 11.8. The first-order chi connectivity index (χ1) is 21.2. The highest BCUT2D eigenvalue weighted by Gasteiger charge is 2.30. The molecule has 0 aromatic heterocycles.